The van der Waals surface area contributed by atoms with E-state index in [1.54, 1.807) is 54.6 Å². The maximum absolute atomic E-state index is 13.1. The number of hydrogen-bond acceptors (Lipinski definition) is 3. The lowest BCUT2D eigenvalue weighted by molar-refractivity contribution is -0.141. The summed E-state index contributed by atoms with van der Waals surface area (Å²) < 4.78 is 39.3. The van der Waals surface area contributed by atoms with Gasteiger partial charge in [-0.1, -0.05) is 48.5 Å². The summed E-state index contributed by atoms with van der Waals surface area (Å²) in [4.78, 5) is 7.83. The van der Waals surface area contributed by atoms with Crippen LogP contribution in [0.15, 0.2) is 66.7 Å². The van der Waals surface area contributed by atoms with E-state index in [0.717, 1.165) is 6.07 Å². The summed E-state index contributed by atoms with van der Waals surface area (Å²) in [6.07, 6.45) is -4.54. The molecule has 0 atom stereocenters. The van der Waals surface area contributed by atoms with Gasteiger partial charge in [-0.3, -0.25) is 0 Å². The molecule has 0 unspecified atom stereocenters. The molecule has 0 amide bonds. The lowest BCUT2D eigenvalue weighted by Gasteiger charge is -2.12. The van der Waals surface area contributed by atoms with Gasteiger partial charge in [-0.25, -0.2) is 9.97 Å². The molecule has 3 aromatic rings. The van der Waals surface area contributed by atoms with E-state index in [9.17, 15) is 13.2 Å². The van der Waals surface area contributed by atoms with Crippen LogP contribution < -0.4 is 5.32 Å². The summed E-state index contributed by atoms with van der Waals surface area (Å²) in [5.41, 5.74) is 0.192. The predicted molar refractivity (Wildman–Crippen MR) is 82.2 cm³/mol. The third kappa shape index (κ3) is 3.66. The van der Waals surface area contributed by atoms with Crippen molar-refractivity contribution in [2.45, 2.75) is 6.18 Å². The van der Waals surface area contributed by atoms with Gasteiger partial charge in [0.15, 0.2) is 11.5 Å². The largest absolute Gasteiger partial charge is 0.433 e. The topological polar surface area (TPSA) is 37.8 Å². The first-order chi connectivity index (χ1) is 11.0. The van der Waals surface area contributed by atoms with Crippen molar-refractivity contribution >= 4 is 11.5 Å². The second-order valence-corrected chi connectivity index (χ2v) is 4.82. The van der Waals surface area contributed by atoms with Crippen molar-refractivity contribution in [2.75, 3.05) is 5.32 Å². The highest BCUT2D eigenvalue weighted by atomic mass is 19.4. The van der Waals surface area contributed by atoms with E-state index < -0.39 is 11.9 Å². The van der Waals surface area contributed by atoms with Crippen molar-refractivity contribution in [1.82, 2.24) is 9.97 Å². The van der Waals surface area contributed by atoms with E-state index in [1.165, 1.54) is 0 Å². The molecule has 0 spiro atoms. The molecular formula is C17H12F3N3. The standard InChI is InChI=1S/C17H12F3N3/c18-17(19,20)14-11-15(21-13-9-5-2-6-10-13)23-16(22-14)12-7-3-1-4-8-12/h1-11H,(H,21,22,23). The second kappa shape index (κ2) is 6.08. The number of alkyl halides is 3. The van der Waals surface area contributed by atoms with Crippen LogP contribution in [-0.4, -0.2) is 9.97 Å². The molecule has 6 heteroatoms. The van der Waals surface area contributed by atoms with Gasteiger partial charge in [-0.2, -0.15) is 13.2 Å². The fourth-order valence-corrected chi connectivity index (χ4v) is 2.04. The Morgan fingerprint density at radius 2 is 1.39 bits per heavy atom. The first-order valence-electron chi connectivity index (χ1n) is 6.86. The number of aromatic nitrogens is 2. The van der Waals surface area contributed by atoms with Gasteiger partial charge < -0.3 is 5.32 Å². The number of hydrogen-bond donors (Lipinski definition) is 1. The van der Waals surface area contributed by atoms with Crippen LogP contribution in [0.25, 0.3) is 11.4 Å². The smallest absolute Gasteiger partial charge is 0.340 e. The van der Waals surface area contributed by atoms with Crippen molar-refractivity contribution in [3.05, 3.63) is 72.4 Å². The van der Waals surface area contributed by atoms with Gasteiger partial charge in [0.05, 0.1) is 0 Å². The number of anilines is 2. The second-order valence-electron chi connectivity index (χ2n) is 4.82. The number of benzene rings is 2. The van der Waals surface area contributed by atoms with Crippen molar-refractivity contribution < 1.29 is 13.2 Å². The SMILES string of the molecule is FC(F)(F)c1cc(Nc2ccccc2)nc(-c2ccccc2)n1. The predicted octanol–water partition coefficient (Wildman–Crippen LogP) is 4.91. The average Bonchev–Trinajstić information content (AvgIpc) is 2.55. The summed E-state index contributed by atoms with van der Waals surface area (Å²) in [5.74, 6) is 0.122. The highest BCUT2D eigenvalue weighted by Gasteiger charge is 2.33. The van der Waals surface area contributed by atoms with Crippen molar-refractivity contribution in [3.8, 4) is 11.4 Å². The van der Waals surface area contributed by atoms with E-state index in [4.69, 9.17) is 0 Å². The van der Waals surface area contributed by atoms with Gasteiger partial charge in [-0.15, -0.1) is 0 Å². The summed E-state index contributed by atoms with van der Waals surface area (Å²) >= 11 is 0. The van der Waals surface area contributed by atoms with Crippen LogP contribution in [0.5, 0.6) is 0 Å². The minimum Gasteiger partial charge on any atom is -0.340 e. The fraction of sp³-hybridized carbons (Fsp3) is 0.0588. The summed E-state index contributed by atoms with van der Waals surface area (Å²) in [7, 11) is 0. The fourth-order valence-electron chi connectivity index (χ4n) is 2.04. The molecule has 0 aliphatic heterocycles. The molecule has 1 heterocycles. The molecule has 3 rings (SSSR count). The molecule has 0 saturated heterocycles. The minimum absolute atomic E-state index is 0.0267. The van der Waals surface area contributed by atoms with Gasteiger partial charge in [0, 0.05) is 17.3 Å². The Bertz CT molecular complexity index is 787. The Morgan fingerprint density at radius 1 is 0.783 bits per heavy atom. The maximum Gasteiger partial charge on any atom is 0.433 e. The van der Waals surface area contributed by atoms with Crippen molar-refractivity contribution in [1.29, 1.82) is 0 Å². The Morgan fingerprint density at radius 3 is 2.00 bits per heavy atom. The third-order valence-electron chi connectivity index (χ3n) is 3.09. The van der Waals surface area contributed by atoms with Gasteiger partial charge in [0.1, 0.15) is 5.82 Å². The van der Waals surface area contributed by atoms with Gasteiger partial charge in [0.2, 0.25) is 0 Å². The maximum atomic E-state index is 13.1. The zero-order valence-corrected chi connectivity index (χ0v) is 11.9. The Kier molecular flexibility index (Phi) is 3.97. The molecule has 1 N–H and O–H groups in total. The van der Waals surface area contributed by atoms with E-state index in [1.807, 2.05) is 6.07 Å². The number of halogens is 3. The molecule has 23 heavy (non-hydrogen) atoms. The molecule has 0 aliphatic carbocycles. The molecule has 0 bridgehead atoms. The molecule has 3 nitrogen and oxygen atoms in total. The number of nitrogens with one attached hydrogen (secondary N) is 1. The number of nitrogens with zero attached hydrogens (tertiary/aromatic N) is 2. The van der Waals surface area contributed by atoms with Crippen LogP contribution in [0.4, 0.5) is 24.7 Å². The Labute approximate surface area is 130 Å². The van der Waals surface area contributed by atoms with Gasteiger partial charge >= 0.3 is 6.18 Å². The number of rotatable bonds is 3. The van der Waals surface area contributed by atoms with Crippen LogP contribution in [0, 0.1) is 0 Å². The van der Waals surface area contributed by atoms with E-state index in [2.05, 4.69) is 15.3 Å². The van der Waals surface area contributed by atoms with Crippen LogP contribution in [0.2, 0.25) is 0 Å². The zero-order chi connectivity index (χ0) is 16.3. The molecule has 0 radical (unpaired) electrons. The quantitative estimate of drug-likeness (QED) is 0.746. The minimum atomic E-state index is -4.54. The molecule has 116 valence electrons. The molecular weight excluding hydrogens is 303 g/mol. The Balaban J connectivity index is 2.05. The van der Waals surface area contributed by atoms with Crippen LogP contribution >= 0.6 is 0 Å². The summed E-state index contributed by atoms with van der Waals surface area (Å²) in [5, 5.41) is 2.88. The lowest BCUT2D eigenvalue weighted by Crippen LogP contribution is -2.11. The molecule has 0 saturated carbocycles. The molecule has 0 fully saturated rings. The first kappa shape index (κ1) is 15.0. The summed E-state index contributed by atoms with van der Waals surface area (Å²) in [6.45, 7) is 0. The average molecular weight is 315 g/mol. The third-order valence-corrected chi connectivity index (χ3v) is 3.09. The molecule has 1 aromatic heterocycles. The monoisotopic (exact) mass is 315 g/mol. The van der Waals surface area contributed by atoms with E-state index >= 15 is 0 Å². The summed E-state index contributed by atoms with van der Waals surface area (Å²) in [6, 6.07) is 18.4. The van der Waals surface area contributed by atoms with Crippen LogP contribution in [0.1, 0.15) is 5.69 Å². The van der Waals surface area contributed by atoms with E-state index in [-0.39, 0.29) is 11.6 Å². The lowest BCUT2D eigenvalue weighted by atomic mass is 10.2. The molecule has 0 aliphatic rings. The van der Waals surface area contributed by atoms with Gasteiger partial charge in [0.25, 0.3) is 0 Å². The normalized spacial score (nSPS) is 11.3. The van der Waals surface area contributed by atoms with Crippen molar-refractivity contribution in [2.24, 2.45) is 0 Å². The Hall–Kier alpha value is -2.89. The highest BCUT2D eigenvalue weighted by molar-refractivity contribution is 5.61. The van der Waals surface area contributed by atoms with Crippen LogP contribution in [0.3, 0.4) is 0 Å². The first-order valence-corrected chi connectivity index (χ1v) is 6.86. The number of para-hydroxylation sites is 1. The highest BCUT2D eigenvalue weighted by Crippen LogP contribution is 2.31. The zero-order valence-electron chi connectivity index (χ0n) is 11.9. The van der Waals surface area contributed by atoms with Crippen LogP contribution in [-0.2, 0) is 6.18 Å². The van der Waals surface area contributed by atoms with Crippen molar-refractivity contribution in [3.63, 3.8) is 0 Å². The van der Waals surface area contributed by atoms with Gasteiger partial charge in [-0.05, 0) is 12.1 Å². The molecule has 2 aromatic carbocycles. The van der Waals surface area contributed by atoms with E-state index in [0.29, 0.717) is 11.3 Å².